The number of thiophene rings is 1. The number of aryl methyl sites for hydroxylation is 1. The fourth-order valence-electron chi connectivity index (χ4n) is 1.72. The molecular weight excluding hydrogens is 296 g/mol. The van der Waals surface area contributed by atoms with Crippen molar-refractivity contribution in [3.63, 3.8) is 0 Å². The van der Waals surface area contributed by atoms with Gasteiger partial charge in [0.05, 0.1) is 21.7 Å². The summed E-state index contributed by atoms with van der Waals surface area (Å²) in [7, 11) is 0. The number of carbonyl (C=O) groups is 2. The third-order valence-electron chi connectivity index (χ3n) is 2.79. The number of hydrogen-bond acceptors (Lipinski definition) is 5. The Hall–Kier alpha value is -2.74. The molecule has 0 saturated heterocycles. The average molecular weight is 306 g/mol. The number of benzene rings is 1. The molecule has 1 amide bonds. The number of amides is 1. The van der Waals surface area contributed by atoms with Gasteiger partial charge in [0.1, 0.15) is 0 Å². The van der Waals surface area contributed by atoms with Gasteiger partial charge in [-0.2, -0.15) is 11.3 Å². The number of nitro groups is 1. The van der Waals surface area contributed by atoms with Crippen LogP contribution in [-0.2, 0) is 0 Å². The first-order chi connectivity index (χ1) is 9.90. The summed E-state index contributed by atoms with van der Waals surface area (Å²) in [5.74, 6) is -1.78. The molecule has 8 heteroatoms. The Labute approximate surface area is 123 Å². The van der Waals surface area contributed by atoms with Crippen LogP contribution in [0.3, 0.4) is 0 Å². The molecule has 0 atom stereocenters. The van der Waals surface area contributed by atoms with Crippen LogP contribution in [0.25, 0.3) is 0 Å². The van der Waals surface area contributed by atoms with Crippen molar-refractivity contribution in [2.24, 2.45) is 0 Å². The van der Waals surface area contributed by atoms with Crippen LogP contribution in [0.5, 0.6) is 0 Å². The summed E-state index contributed by atoms with van der Waals surface area (Å²) in [6.07, 6.45) is 0. The lowest BCUT2D eigenvalue weighted by Gasteiger charge is -2.08. The minimum Gasteiger partial charge on any atom is -0.478 e. The van der Waals surface area contributed by atoms with Crippen molar-refractivity contribution in [1.29, 1.82) is 0 Å². The number of carboxylic acid groups (broad SMARTS) is 1. The van der Waals surface area contributed by atoms with Crippen LogP contribution in [-0.4, -0.2) is 21.9 Å². The number of rotatable bonds is 4. The van der Waals surface area contributed by atoms with Gasteiger partial charge in [0, 0.05) is 17.5 Å². The van der Waals surface area contributed by atoms with E-state index in [1.165, 1.54) is 11.3 Å². The molecule has 1 aromatic heterocycles. The molecule has 2 rings (SSSR count). The molecule has 2 N–H and O–H groups in total. The second-order valence-electron chi connectivity index (χ2n) is 4.21. The van der Waals surface area contributed by atoms with Crippen LogP contribution in [0.4, 0.5) is 11.4 Å². The van der Waals surface area contributed by atoms with Crippen molar-refractivity contribution in [2.75, 3.05) is 5.32 Å². The molecule has 21 heavy (non-hydrogen) atoms. The number of anilines is 1. The van der Waals surface area contributed by atoms with E-state index in [-0.39, 0.29) is 16.9 Å². The summed E-state index contributed by atoms with van der Waals surface area (Å²) >= 11 is 1.34. The number of carbonyl (C=O) groups excluding carboxylic acids is 1. The Kier molecular flexibility index (Phi) is 3.99. The number of nitrogens with one attached hydrogen (secondary N) is 1. The van der Waals surface area contributed by atoms with Crippen molar-refractivity contribution in [2.45, 2.75) is 6.92 Å². The van der Waals surface area contributed by atoms with Gasteiger partial charge < -0.3 is 10.4 Å². The van der Waals surface area contributed by atoms with Gasteiger partial charge in [-0.1, -0.05) is 0 Å². The van der Waals surface area contributed by atoms with Crippen molar-refractivity contribution < 1.29 is 19.6 Å². The van der Waals surface area contributed by atoms with Crippen molar-refractivity contribution in [3.8, 4) is 0 Å². The number of nitrogens with zero attached hydrogens (tertiary/aromatic N) is 1. The van der Waals surface area contributed by atoms with Crippen LogP contribution in [0.15, 0.2) is 29.0 Å². The molecule has 0 spiro atoms. The van der Waals surface area contributed by atoms with Gasteiger partial charge in [-0.3, -0.25) is 14.9 Å². The molecular formula is C13H10N2O5S. The maximum atomic E-state index is 12.1. The normalized spacial score (nSPS) is 10.1. The maximum absolute atomic E-state index is 12.1. The topological polar surface area (TPSA) is 110 Å². The highest BCUT2D eigenvalue weighted by Crippen LogP contribution is 2.24. The first-order valence-electron chi connectivity index (χ1n) is 5.76. The van der Waals surface area contributed by atoms with Crippen LogP contribution < -0.4 is 5.32 Å². The number of aromatic carboxylic acids is 1. The predicted octanol–water partition coefficient (Wildman–Crippen LogP) is 2.92. The van der Waals surface area contributed by atoms with E-state index < -0.39 is 16.8 Å². The fraction of sp³-hybridized carbons (Fsp3) is 0.0769. The molecule has 0 bridgehead atoms. The van der Waals surface area contributed by atoms with Crippen molar-refractivity contribution in [3.05, 3.63) is 55.8 Å². The van der Waals surface area contributed by atoms with E-state index in [0.29, 0.717) is 5.56 Å². The van der Waals surface area contributed by atoms with Crippen molar-refractivity contribution >= 4 is 34.6 Å². The largest absolute Gasteiger partial charge is 0.478 e. The van der Waals surface area contributed by atoms with E-state index in [0.717, 1.165) is 23.8 Å². The highest BCUT2D eigenvalue weighted by molar-refractivity contribution is 7.08. The monoisotopic (exact) mass is 306 g/mol. The summed E-state index contributed by atoms with van der Waals surface area (Å²) in [5, 5.41) is 25.6. The van der Waals surface area contributed by atoms with Gasteiger partial charge in [0.25, 0.3) is 11.6 Å². The number of carboxylic acids is 1. The highest BCUT2D eigenvalue weighted by Gasteiger charge is 2.18. The van der Waals surface area contributed by atoms with Gasteiger partial charge in [-0.05, 0) is 23.9 Å². The zero-order chi connectivity index (χ0) is 15.6. The maximum Gasteiger partial charge on any atom is 0.337 e. The molecule has 1 aromatic carbocycles. The molecule has 1 heterocycles. The Morgan fingerprint density at radius 2 is 2.00 bits per heavy atom. The standard InChI is InChI=1S/C13H10N2O5S/c1-7-5-21-6-10(7)12(16)14-11-4-8(15(19)20)2-3-9(11)13(17)18/h2-6H,1H3,(H,14,16)(H,17,18). The first-order valence-corrected chi connectivity index (χ1v) is 6.70. The molecule has 0 fully saturated rings. The predicted molar refractivity (Wildman–Crippen MR) is 77.1 cm³/mol. The summed E-state index contributed by atoms with van der Waals surface area (Å²) in [6, 6.07) is 3.20. The van der Waals surface area contributed by atoms with E-state index in [1.807, 2.05) is 0 Å². The van der Waals surface area contributed by atoms with E-state index in [9.17, 15) is 19.7 Å². The highest BCUT2D eigenvalue weighted by atomic mass is 32.1. The molecule has 0 aliphatic carbocycles. The van der Waals surface area contributed by atoms with Crippen molar-refractivity contribution in [1.82, 2.24) is 0 Å². The second-order valence-corrected chi connectivity index (χ2v) is 4.96. The number of hydrogen-bond donors (Lipinski definition) is 2. The van der Waals surface area contributed by atoms with Gasteiger partial charge in [0.15, 0.2) is 0 Å². The molecule has 0 unspecified atom stereocenters. The Bertz CT molecular complexity index is 738. The Morgan fingerprint density at radius 1 is 1.29 bits per heavy atom. The Balaban J connectivity index is 2.39. The quantitative estimate of drug-likeness (QED) is 0.666. The molecule has 2 aromatic rings. The first kappa shape index (κ1) is 14.7. The minimum atomic E-state index is -1.28. The van der Waals surface area contributed by atoms with Gasteiger partial charge in [0.2, 0.25) is 0 Å². The zero-order valence-corrected chi connectivity index (χ0v) is 11.6. The summed E-state index contributed by atoms with van der Waals surface area (Å²) in [6.45, 7) is 1.75. The van der Waals surface area contributed by atoms with Gasteiger partial charge in [-0.15, -0.1) is 0 Å². The Morgan fingerprint density at radius 3 is 2.52 bits per heavy atom. The summed E-state index contributed by atoms with van der Waals surface area (Å²) in [4.78, 5) is 33.3. The van der Waals surface area contributed by atoms with E-state index in [2.05, 4.69) is 5.32 Å². The molecule has 0 aliphatic rings. The lowest BCUT2D eigenvalue weighted by Crippen LogP contribution is -2.15. The third-order valence-corrected chi connectivity index (χ3v) is 3.65. The lowest BCUT2D eigenvalue weighted by molar-refractivity contribution is -0.384. The molecule has 7 nitrogen and oxygen atoms in total. The summed E-state index contributed by atoms with van der Waals surface area (Å²) < 4.78 is 0. The zero-order valence-electron chi connectivity index (χ0n) is 10.8. The smallest absolute Gasteiger partial charge is 0.337 e. The second kappa shape index (κ2) is 5.71. The van der Waals surface area contributed by atoms with E-state index in [1.54, 1.807) is 17.7 Å². The number of nitro benzene ring substituents is 1. The summed E-state index contributed by atoms with van der Waals surface area (Å²) in [5.41, 5.74) is 0.550. The third kappa shape index (κ3) is 3.06. The van der Waals surface area contributed by atoms with Gasteiger partial charge in [-0.25, -0.2) is 4.79 Å². The molecule has 108 valence electrons. The average Bonchev–Trinajstić information content (AvgIpc) is 2.84. The van der Waals surface area contributed by atoms with E-state index in [4.69, 9.17) is 5.11 Å². The van der Waals surface area contributed by atoms with Crippen LogP contribution >= 0.6 is 11.3 Å². The van der Waals surface area contributed by atoms with Crippen LogP contribution in [0, 0.1) is 17.0 Å². The fourth-order valence-corrected chi connectivity index (χ4v) is 2.55. The van der Waals surface area contributed by atoms with E-state index >= 15 is 0 Å². The minimum absolute atomic E-state index is 0.104. The molecule has 0 saturated carbocycles. The SMILES string of the molecule is Cc1cscc1C(=O)Nc1cc([N+](=O)[O-])ccc1C(=O)O. The van der Waals surface area contributed by atoms with Gasteiger partial charge >= 0.3 is 5.97 Å². The number of non-ortho nitro benzene ring substituents is 1. The molecule has 0 aliphatic heterocycles. The van der Waals surface area contributed by atoms with Crippen LogP contribution in [0.1, 0.15) is 26.3 Å². The molecule has 0 radical (unpaired) electrons. The van der Waals surface area contributed by atoms with Crippen LogP contribution in [0.2, 0.25) is 0 Å². The lowest BCUT2D eigenvalue weighted by atomic mass is 10.1.